The molecule has 0 saturated heterocycles. The van der Waals surface area contributed by atoms with Crippen LogP contribution in [-0.2, 0) is 10.9 Å². The van der Waals surface area contributed by atoms with Crippen LogP contribution in [0.25, 0.3) is 0 Å². The predicted molar refractivity (Wildman–Crippen MR) is 107 cm³/mol. The Morgan fingerprint density at radius 3 is 2.04 bits per heavy atom. The average Bonchev–Trinajstić information content (AvgIpc) is 2.67. The first-order valence-electron chi connectivity index (χ1n) is 10.8. The lowest BCUT2D eigenvalue weighted by Gasteiger charge is -2.16. The zero-order valence-corrected chi connectivity index (χ0v) is 17.3. The number of carbonyl (C=O) groups is 1. The quantitative estimate of drug-likeness (QED) is 0.234. The fourth-order valence-corrected chi connectivity index (χ4v) is 3.25. The molecule has 160 valence electrons. The van der Waals surface area contributed by atoms with E-state index in [-0.39, 0.29) is 11.7 Å². The minimum absolute atomic E-state index is 0.0450. The summed E-state index contributed by atoms with van der Waals surface area (Å²) in [6.07, 6.45) is 9.11. The molecule has 1 aromatic rings. The van der Waals surface area contributed by atoms with E-state index in [1.807, 2.05) is 6.92 Å². The highest BCUT2D eigenvalue weighted by molar-refractivity contribution is 5.89. The van der Waals surface area contributed by atoms with Gasteiger partial charge in [0.2, 0.25) is 0 Å². The van der Waals surface area contributed by atoms with Crippen molar-refractivity contribution in [1.29, 1.82) is 0 Å². The van der Waals surface area contributed by atoms with E-state index in [2.05, 4.69) is 6.92 Å². The number of esters is 1. The van der Waals surface area contributed by atoms with E-state index in [4.69, 9.17) is 4.74 Å². The van der Waals surface area contributed by atoms with Gasteiger partial charge < -0.3 is 4.74 Å². The number of halogens is 3. The largest absolute Gasteiger partial charge is 0.459 e. The third kappa shape index (κ3) is 10.1. The number of unbranched alkanes of at least 4 members (excludes halogenated alkanes) is 9. The molecule has 1 rings (SSSR count). The standard InChI is InChI=1S/C23H35F3O2/c1-3-5-6-7-8-9-10-11-12-13-17-21(4-2)28-22(27)19-15-14-16-20(18-19)23(24,25)26/h14-16,18,21H,3-13,17H2,1-2H3. The van der Waals surface area contributed by atoms with E-state index in [0.717, 1.165) is 31.4 Å². The van der Waals surface area contributed by atoms with Crippen LogP contribution in [0.5, 0.6) is 0 Å². The van der Waals surface area contributed by atoms with E-state index < -0.39 is 17.7 Å². The molecule has 0 N–H and O–H groups in total. The van der Waals surface area contributed by atoms with Crippen molar-refractivity contribution in [3.63, 3.8) is 0 Å². The minimum Gasteiger partial charge on any atom is -0.459 e. The highest BCUT2D eigenvalue weighted by atomic mass is 19.4. The topological polar surface area (TPSA) is 26.3 Å². The molecule has 0 spiro atoms. The van der Waals surface area contributed by atoms with Crippen molar-refractivity contribution in [1.82, 2.24) is 0 Å². The van der Waals surface area contributed by atoms with Crippen molar-refractivity contribution in [3.05, 3.63) is 35.4 Å². The van der Waals surface area contributed by atoms with Gasteiger partial charge in [-0.3, -0.25) is 0 Å². The fraction of sp³-hybridized carbons (Fsp3) is 0.696. The second-order valence-corrected chi connectivity index (χ2v) is 7.48. The molecule has 0 aliphatic heterocycles. The van der Waals surface area contributed by atoms with Crippen LogP contribution >= 0.6 is 0 Å². The van der Waals surface area contributed by atoms with Crippen LogP contribution in [0.2, 0.25) is 0 Å². The van der Waals surface area contributed by atoms with E-state index in [1.54, 1.807) is 0 Å². The average molecular weight is 401 g/mol. The molecule has 5 heteroatoms. The lowest BCUT2D eigenvalue weighted by molar-refractivity contribution is -0.137. The maximum absolute atomic E-state index is 12.8. The van der Waals surface area contributed by atoms with E-state index in [9.17, 15) is 18.0 Å². The molecule has 1 aromatic carbocycles. The van der Waals surface area contributed by atoms with E-state index in [0.29, 0.717) is 6.42 Å². The van der Waals surface area contributed by atoms with Gasteiger partial charge in [0.25, 0.3) is 0 Å². The van der Waals surface area contributed by atoms with Crippen molar-refractivity contribution < 1.29 is 22.7 Å². The zero-order chi connectivity index (χ0) is 20.8. The van der Waals surface area contributed by atoms with Gasteiger partial charge in [-0.25, -0.2) is 4.79 Å². The fourth-order valence-electron chi connectivity index (χ4n) is 3.25. The predicted octanol–water partition coefficient (Wildman–Crippen LogP) is 7.95. The van der Waals surface area contributed by atoms with Gasteiger partial charge in [-0.05, 0) is 37.5 Å². The summed E-state index contributed by atoms with van der Waals surface area (Å²) in [7, 11) is 0. The van der Waals surface area contributed by atoms with Crippen molar-refractivity contribution in [2.75, 3.05) is 0 Å². The smallest absolute Gasteiger partial charge is 0.416 e. The number of hydrogen-bond acceptors (Lipinski definition) is 2. The minimum atomic E-state index is -4.46. The van der Waals surface area contributed by atoms with E-state index in [1.165, 1.54) is 63.5 Å². The second-order valence-electron chi connectivity index (χ2n) is 7.48. The molecule has 28 heavy (non-hydrogen) atoms. The SMILES string of the molecule is CCCCCCCCCCCCC(CC)OC(=O)c1cccc(C(F)(F)F)c1. The van der Waals surface area contributed by atoms with Gasteiger partial charge in [-0.15, -0.1) is 0 Å². The molecule has 0 aliphatic carbocycles. The summed E-state index contributed by atoms with van der Waals surface area (Å²) in [5, 5.41) is 0. The normalized spacial score (nSPS) is 12.8. The number of hydrogen-bond donors (Lipinski definition) is 0. The van der Waals surface area contributed by atoms with Crippen LogP contribution < -0.4 is 0 Å². The molecule has 0 radical (unpaired) electrons. The molecule has 0 aliphatic rings. The number of ether oxygens (including phenoxy) is 1. The van der Waals surface area contributed by atoms with Crippen LogP contribution in [0.1, 0.15) is 107 Å². The highest BCUT2D eigenvalue weighted by Gasteiger charge is 2.31. The van der Waals surface area contributed by atoms with Crippen molar-refractivity contribution in [2.45, 2.75) is 103 Å². The summed E-state index contributed by atoms with van der Waals surface area (Å²) in [5.74, 6) is -0.676. The lowest BCUT2D eigenvalue weighted by atomic mass is 10.0. The zero-order valence-electron chi connectivity index (χ0n) is 17.3. The second kappa shape index (κ2) is 13.6. The van der Waals surface area contributed by atoms with Crippen LogP contribution in [0.4, 0.5) is 13.2 Å². The van der Waals surface area contributed by atoms with Gasteiger partial charge >= 0.3 is 12.1 Å². The Bertz CT molecular complexity index is 555. The van der Waals surface area contributed by atoms with E-state index >= 15 is 0 Å². The summed E-state index contributed by atoms with van der Waals surface area (Å²) in [6, 6.07) is 4.42. The molecular weight excluding hydrogens is 365 g/mol. The molecule has 0 heterocycles. The van der Waals surface area contributed by atoms with Crippen molar-refractivity contribution in [2.24, 2.45) is 0 Å². The summed E-state index contributed by atoms with van der Waals surface area (Å²) < 4.78 is 43.8. The summed E-state index contributed by atoms with van der Waals surface area (Å²) >= 11 is 0. The molecule has 0 amide bonds. The number of alkyl halides is 3. The molecule has 0 saturated carbocycles. The van der Waals surface area contributed by atoms with Crippen LogP contribution in [-0.4, -0.2) is 12.1 Å². The maximum atomic E-state index is 12.8. The Morgan fingerprint density at radius 1 is 0.929 bits per heavy atom. The first kappa shape index (κ1) is 24.5. The van der Waals surface area contributed by atoms with Gasteiger partial charge in [-0.2, -0.15) is 13.2 Å². The molecule has 0 aromatic heterocycles. The summed E-state index contributed by atoms with van der Waals surface area (Å²) in [5.41, 5.74) is -0.874. The molecular formula is C23H35F3O2. The Morgan fingerprint density at radius 2 is 1.50 bits per heavy atom. The Balaban J connectivity index is 2.26. The molecule has 0 bridgehead atoms. The first-order valence-corrected chi connectivity index (χ1v) is 10.8. The van der Waals surface area contributed by atoms with Gasteiger partial charge in [0, 0.05) is 0 Å². The highest BCUT2D eigenvalue weighted by Crippen LogP contribution is 2.29. The van der Waals surface area contributed by atoms with Gasteiger partial charge in [-0.1, -0.05) is 77.7 Å². The first-order chi connectivity index (χ1) is 13.4. The molecule has 0 fully saturated rings. The van der Waals surface area contributed by atoms with Gasteiger partial charge in [0.15, 0.2) is 0 Å². The monoisotopic (exact) mass is 400 g/mol. The lowest BCUT2D eigenvalue weighted by Crippen LogP contribution is -2.18. The summed E-state index contributed by atoms with van der Waals surface area (Å²) in [6.45, 7) is 4.15. The Kier molecular flexibility index (Phi) is 11.9. The Labute approximate surface area is 167 Å². The van der Waals surface area contributed by atoms with Crippen LogP contribution in [0.15, 0.2) is 24.3 Å². The third-order valence-electron chi connectivity index (χ3n) is 5.03. The van der Waals surface area contributed by atoms with Crippen LogP contribution in [0, 0.1) is 0 Å². The van der Waals surface area contributed by atoms with Crippen LogP contribution in [0.3, 0.4) is 0 Å². The Hall–Kier alpha value is -1.52. The molecule has 2 nitrogen and oxygen atoms in total. The molecule has 1 atom stereocenters. The van der Waals surface area contributed by atoms with Crippen molar-refractivity contribution in [3.8, 4) is 0 Å². The summed E-state index contributed by atoms with van der Waals surface area (Å²) in [4.78, 5) is 12.2. The van der Waals surface area contributed by atoms with Gasteiger partial charge in [0.05, 0.1) is 11.1 Å². The maximum Gasteiger partial charge on any atom is 0.416 e. The number of benzene rings is 1. The third-order valence-corrected chi connectivity index (χ3v) is 5.03. The number of rotatable bonds is 14. The number of carbonyl (C=O) groups excluding carboxylic acids is 1. The van der Waals surface area contributed by atoms with Gasteiger partial charge in [0.1, 0.15) is 6.10 Å². The van der Waals surface area contributed by atoms with Crippen molar-refractivity contribution >= 4 is 5.97 Å². The molecule has 1 unspecified atom stereocenters.